The zero-order valence-corrected chi connectivity index (χ0v) is 17.0. The van der Waals surface area contributed by atoms with E-state index in [0.29, 0.717) is 35.5 Å². The lowest BCUT2D eigenvalue weighted by atomic mass is 10.0. The molecule has 0 bridgehead atoms. The van der Waals surface area contributed by atoms with Gasteiger partial charge in [-0.25, -0.2) is 8.42 Å². The minimum atomic E-state index is -3.52. The van der Waals surface area contributed by atoms with Gasteiger partial charge in [-0.1, -0.05) is 18.6 Å². The van der Waals surface area contributed by atoms with Crippen LogP contribution < -0.4 is 10.5 Å². The van der Waals surface area contributed by atoms with Crippen molar-refractivity contribution >= 4 is 15.7 Å². The standard InChI is InChI=1S/C21H27N3O3S/c1-27-21-9-8-19(13-20(21)16-6-5-7-17(22)12-16)28(25,26)24-14-18(15-24)23-10-3-2-4-11-23/h5-9,12-13,18H,2-4,10-11,14-15,22H2,1H3. The van der Waals surface area contributed by atoms with Gasteiger partial charge in [0.2, 0.25) is 10.0 Å². The Labute approximate surface area is 166 Å². The predicted molar refractivity (Wildman–Crippen MR) is 111 cm³/mol. The smallest absolute Gasteiger partial charge is 0.243 e. The Kier molecular flexibility index (Phi) is 5.31. The molecular formula is C21H27N3O3S. The quantitative estimate of drug-likeness (QED) is 0.780. The highest BCUT2D eigenvalue weighted by molar-refractivity contribution is 7.89. The van der Waals surface area contributed by atoms with Crippen molar-refractivity contribution in [3.8, 4) is 16.9 Å². The number of hydrogen-bond acceptors (Lipinski definition) is 5. The molecule has 0 atom stereocenters. The van der Waals surface area contributed by atoms with E-state index in [0.717, 1.165) is 24.2 Å². The van der Waals surface area contributed by atoms with Crippen LogP contribution in [-0.2, 0) is 10.0 Å². The van der Waals surface area contributed by atoms with Gasteiger partial charge in [0.05, 0.1) is 12.0 Å². The third-order valence-electron chi connectivity index (χ3n) is 5.74. The first-order valence-electron chi connectivity index (χ1n) is 9.77. The van der Waals surface area contributed by atoms with Gasteiger partial charge in [-0.2, -0.15) is 4.31 Å². The Morgan fingerprint density at radius 3 is 2.46 bits per heavy atom. The van der Waals surface area contributed by atoms with Crippen molar-refractivity contribution in [2.75, 3.05) is 39.0 Å². The molecule has 2 aliphatic heterocycles. The lowest BCUT2D eigenvalue weighted by molar-refractivity contribution is 0.0717. The fourth-order valence-electron chi connectivity index (χ4n) is 4.06. The molecule has 2 saturated heterocycles. The largest absolute Gasteiger partial charge is 0.496 e. The molecule has 28 heavy (non-hydrogen) atoms. The molecule has 0 aromatic heterocycles. The Hall–Kier alpha value is -2.09. The number of rotatable bonds is 5. The predicted octanol–water partition coefficient (Wildman–Crippen LogP) is 2.80. The van der Waals surface area contributed by atoms with Gasteiger partial charge < -0.3 is 10.5 Å². The zero-order chi connectivity index (χ0) is 19.7. The van der Waals surface area contributed by atoms with Crippen molar-refractivity contribution in [1.29, 1.82) is 0 Å². The van der Waals surface area contributed by atoms with E-state index in [1.807, 2.05) is 18.2 Å². The minimum Gasteiger partial charge on any atom is -0.496 e. The van der Waals surface area contributed by atoms with Gasteiger partial charge in [-0.3, -0.25) is 4.90 Å². The third kappa shape index (κ3) is 3.62. The summed E-state index contributed by atoms with van der Waals surface area (Å²) in [5.41, 5.74) is 8.09. The second kappa shape index (κ2) is 7.73. The number of nitrogens with two attached hydrogens (primary N) is 1. The first kappa shape index (κ1) is 19.2. The lowest BCUT2D eigenvalue weighted by Crippen LogP contribution is -2.61. The molecule has 2 N–H and O–H groups in total. The topological polar surface area (TPSA) is 75.9 Å². The number of nitrogen functional groups attached to an aromatic ring is 1. The number of ether oxygens (including phenoxy) is 1. The van der Waals surface area contributed by atoms with E-state index < -0.39 is 10.0 Å². The summed E-state index contributed by atoms with van der Waals surface area (Å²) in [6.45, 7) is 3.31. The molecule has 7 heteroatoms. The molecule has 0 unspecified atom stereocenters. The summed E-state index contributed by atoms with van der Waals surface area (Å²) in [6, 6.07) is 12.8. The van der Waals surface area contributed by atoms with Gasteiger partial charge in [0.25, 0.3) is 0 Å². The fourth-order valence-corrected chi connectivity index (χ4v) is 5.60. The summed E-state index contributed by atoms with van der Waals surface area (Å²) in [6.07, 6.45) is 3.71. The third-order valence-corrected chi connectivity index (χ3v) is 7.57. The molecule has 4 rings (SSSR count). The number of piperidine rings is 1. The highest BCUT2D eigenvalue weighted by atomic mass is 32.2. The first-order valence-corrected chi connectivity index (χ1v) is 11.2. The van der Waals surface area contributed by atoms with Gasteiger partial charge in [-0.05, 0) is 61.8 Å². The highest BCUT2D eigenvalue weighted by Crippen LogP contribution is 2.35. The molecule has 0 spiro atoms. The van der Waals surface area contributed by atoms with E-state index in [1.54, 1.807) is 35.7 Å². The van der Waals surface area contributed by atoms with Crippen LogP contribution in [0.3, 0.4) is 0 Å². The summed E-state index contributed by atoms with van der Waals surface area (Å²) < 4.78 is 33.3. The van der Waals surface area contributed by atoms with Crippen LogP contribution in [0.2, 0.25) is 0 Å². The number of sulfonamides is 1. The van der Waals surface area contributed by atoms with Crippen molar-refractivity contribution in [3.63, 3.8) is 0 Å². The summed E-state index contributed by atoms with van der Waals surface area (Å²) in [5, 5.41) is 0. The molecule has 6 nitrogen and oxygen atoms in total. The maximum atomic E-state index is 13.1. The molecule has 0 saturated carbocycles. The summed E-state index contributed by atoms with van der Waals surface area (Å²) in [4.78, 5) is 2.73. The van der Waals surface area contributed by atoms with E-state index in [9.17, 15) is 8.42 Å². The van der Waals surface area contributed by atoms with E-state index in [1.165, 1.54) is 19.3 Å². The molecule has 2 aromatic carbocycles. The summed E-state index contributed by atoms with van der Waals surface area (Å²) in [5.74, 6) is 0.624. The van der Waals surface area contributed by atoms with E-state index in [4.69, 9.17) is 10.5 Å². The average Bonchev–Trinajstić information content (AvgIpc) is 2.67. The number of benzene rings is 2. The van der Waals surface area contributed by atoms with Crippen LogP contribution in [-0.4, -0.2) is 57.0 Å². The number of likely N-dealkylation sites (tertiary alicyclic amines) is 1. The van der Waals surface area contributed by atoms with Crippen molar-refractivity contribution in [2.24, 2.45) is 0 Å². The van der Waals surface area contributed by atoms with E-state index in [2.05, 4.69) is 4.90 Å². The van der Waals surface area contributed by atoms with Crippen molar-refractivity contribution < 1.29 is 13.2 Å². The molecule has 0 aliphatic carbocycles. The maximum absolute atomic E-state index is 13.1. The molecule has 0 radical (unpaired) electrons. The molecule has 2 aromatic rings. The second-order valence-corrected chi connectivity index (χ2v) is 9.50. The van der Waals surface area contributed by atoms with Crippen LogP contribution in [0.4, 0.5) is 5.69 Å². The molecule has 2 aliphatic rings. The van der Waals surface area contributed by atoms with E-state index in [-0.39, 0.29) is 0 Å². The minimum absolute atomic E-state index is 0.294. The molecule has 0 amide bonds. The first-order chi connectivity index (χ1) is 13.5. The molecule has 2 fully saturated rings. The number of hydrogen-bond donors (Lipinski definition) is 1. The Bertz CT molecular complexity index is 949. The van der Waals surface area contributed by atoms with Crippen LogP contribution in [0.1, 0.15) is 19.3 Å². The van der Waals surface area contributed by atoms with Crippen LogP contribution in [0.5, 0.6) is 5.75 Å². The Morgan fingerprint density at radius 1 is 1.04 bits per heavy atom. The fraction of sp³-hybridized carbons (Fsp3) is 0.429. The van der Waals surface area contributed by atoms with Crippen molar-refractivity contribution in [1.82, 2.24) is 9.21 Å². The lowest BCUT2D eigenvalue weighted by Gasteiger charge is -2.45. The van der Waals surface area contributed by atoms with E-state index >= 15 is 0 Å². The van der Waals surface area contributed by atoms with Crippen molar-refractivity contribution in [2.45, 2.75) is 30.2 Å². The molecule has 2 heterocycles. The summed E-state index contributed by atoms with van der Waals surface area (Å²) in [7, 11) is -1.94. The van der Waals surface area contributed by atoms with Crippen molar-refractivity contribution in [3.05, 3.63) is 42.5 Å². The normalized spacial score (nSPS) is 19.3. The molecule has 150 valence electrons. The highest BCUT2D eigenvalue weighted by Gasteiger charge is 2.40. The second-order valence-electron chi connectivity index (χ2n) is 7.56. The maximum Gasteiger partial charge on any atom is 0.243 e. The number of methoxy groups -OCH3 is 1. The monoisotopic (exact) mass is 401 g/mol. The van der Waals surface area contributed by atoms with Crippen LogP contribution in [0.15, 0.2) is 47.4 Å². The molecular weight excluding hydrogens is 374 g/mol. The van der Waals surface area contributed by atoms with Gasteiger partial charge in [0, 0.05) is 30.4 Å². The Balaban J connectivity index is 1.57. The van der Waals surface area contributed by atoms with Gasteiger partial charge in [0.1, 0.15) is 5.75 Å². The van der Waals surface area contributed by atoms with Gasteiger partial charge in [-0.15, -0.1) is 0 Å². The summed E-state index contributed by atoms with van der Waals surface area (Å²) >= 11 is 0. The van der Waals surface area contributed by atoms with Gasteiger partial charge in [0.15, 0.2) is 0 Å². The van der Waals surface area contributed by atoms with Crippen LogP contribution in [0, 0.1) is 0 Å². The van der Waals surface area contributed by atoms with Crippen LogP contribution in [0.25, 0.3) is 11.1 Å². The number of nitrogens with zero attached hydrogens (tertiary/aromatic N) is 2. The Morgan fingerprint density at radius 2 is 1.79 bits per heavy atom. The SMILES string of the molecule is COc1ccc(S(=O)(=O)N2CC(N3CCCCC3)C2)cc1-c1cccc(N)c1. The number of anilines is 1. The zero-order valence-electron chi connectivity index (χ0n) is 16.2. The average molecular weight is 402 g/mol. The van der Waals surface area contributed by atoms with Crippen LogP contribution >= 0.6 is 0 Å². The van der Waals surface area contributed by atoms with Gasteiger partial charge >= 0.3 is 0 Å².